The van der Waals surface area contributed by atoms with Gasteiger partial charge in [0.1, 0.15) is 11.4 Å². The number of rotatable bonds is 5. The number of amides is 1. The Kier molecular flexibility index (Phi) is 6.64. The van der Waals surface area contributed by atoms with Crippen molar-refractivity contribution in [3.8, 4) is 0 Å². The van der Waals surface area contributed by atoms with Crippen LogP contribution in [0.1, 0.15) is 74.6 Å². The second-order valence-corrected chi connectivity index (χ2v) is 12.8. The second-order valence-electron chi connectivity index (χ2n) is 11.9. The number of guanidine groups is 1. The van der Waals surface area contributed by atoms with Crippen molar-refractivity contribution in [1.82, 2.24) is 9.80 Å². The summed E-state index contributed by atoms with van der Waals surface area (Å²) in [5, 5.41) is 2.26. The number of hydrogen-bond donors (Lipinski definition) is 1. The molecule has 2 unspecified atom stereocenters. The van der Waals surface area contributed by atoms with Crippen LogP contribution < -0.4 is 5.73 Å². The molecule has 1 saturated carbocycles. The number of carbonyl (C=O) groups excluding carboxylic acids is 1. The number of thiophene rings is 1. The van der Waals surface area contributed by atoms with Gasteiger partial charge in [-0.25, -0.2) is 9.38 Å². The Morgan fingerprint density at radius 3 is 2.70 bits per heavy atom. The first-order valence-electron chi connectivity index (χ1n) is 14.0. The van der Waals surface area contributed by atoms with Crippen molar-refractivity contribution in [3.63, 3.8) is 0 Å². The van der Waals surface area contributed by atoms with E-state index in [-0.39, 0.29) is 29.6 Å². The highest BCUT2D eigenvalue weighted by atomic mass is 32.1. The lowest BCUT2D eigenvalue weighted by atomic mass is 9.70. The Bertz CT molecular complexity index is 1170. The first-order valence-corrected chi connectivity index (χ1v) is 14.9. The van der Waals surface area contributed by atoms with Gasteiger partial charge in [-0.3, -0.25) is 14.6 Å². The second kappa shape index (κ2) is 9.81. The first kappa shape index (κ1) is 25.1. The van der Waals surface area contributed by atoms with Crippen LogP contribution in [0.2, 0.25) is 0 Å². The molecule has 2 N–H and O–H groups in total. The monoisotopic (exact) mass is 522 g/mol. The summed E-state index contributed by atoms with van der Waals surface area (Å²) in [5.41, 5.74) is 8.51. The van der Waals surface area contributed by atoms with Crippen LogP contribution >= 0.6 is 11.3 Å². The van der Waals surface area contributed by atoms with Gasteiger partial charge in [-0.2, -0.15) is 0 Å². The molecule has 1 amide bonds. The van der Waals surface area contributed by atoms with Crippen molar-refractivity contribution in [2.24, 2.45) is 28.5 Å². The molecular weight excluding hydrogens is 483 g/mol. The predicted molar refractivity (Wildman–Crippen MR) is 148 cm³/mol. The quantitative estimate of drug-likeness (QED) is 0.527. The van der Waals surface area contributed by atoms with Gasteiger partial charge in [0.05, 0.1) is 12.0 Å². The van der Waals surface area contributed by atoms with Gasteiger partial charge in [-0.15, -0.1) is 11.3 Å². The number of carbonyl (C=O) groups is 1. The van der Waals surface area contributed by atoms with Crippen LogP contribution in [-0.2, 0) is 10.3 Å². The molecule has 0 spiro atoms. The van der Waals surface area contributed by atoms with Crippen molar-refractivity contribution in [3.05, 3.63) is 57.6 Å². The normalized spacial score (nSPS) is 33.8. The smallest absolute Gasteiger partial charge is 0.235 e. The van der Waals surface area contributed by atoms with Gasteiger partial charge < -0.3 is 5.73 Å². The highest BCUT2D eigenvalue weighted by Crippen LogP contribution is 2.49. The Hall–Kier alpha value is -2.25. The Morgan fingerprint density at radius 1 is 1.19 bits per heavy atom. The summed E-state index contributed by atoms with van der Waals surface area (Å²) in [6, 6.07) is 2.20. The highest BCUT2D eigenvalue weighted by molar-refractivity contribution is 7.10. The summed E-state index contributed by atoms with van der Waals surface area (Å²) in [5.74, 6) is 1.47. The fraction of sp³-hybridized carbons (Fsp3) is 0.600. The minimum absolute atomic E-state index is 0.0305. The van der Waals surface area contributed by atoms with Crippen LogP contribution in [0.4, 0.5) is 4.39 Å². The number of nitrogens with two attached hydrogens (primary N) is 1. The minimum atomic E-state index is -0.688. The molecule has 1 aromatic rings. The molecule has 2 aliphatic heterocycles. The predicted octanol–water partition coefficient (Wildman–Crippen LogP) is 5.86. The molecular formula is C30H39FN4OS. The Labute approximate surface area is 224 Å². The molecule has 0 radical (unpaired) electrons. The fourth-order valence-electron chi connectivity index (χ4n) is 7.06. The molecule has 4 atom stereocenters. The number of likely N-dealkylation sites (tertiary alicyclic amines) is 1. The number of allylic oxidation sites excluding steroid dienone is 5. The molecule has 6 rings (SSSR count). The van der Waals surface area contributed by atoms with Crippen molar-refractivity contribution in [2.45, 2.75) is 75.8 Å². The third-order valence-corrected chi connectivity index (χ3v) is 10.7. The molecule has 0 bridgehead atoms. The maximum atomic E-state index is 14.5. The van der Waals surface area contributed by atoms with Gasteiger partial charge in [0.25, 0.3) is 0 Å². The van der Waals surface area contributed by atoms with Crippen LogP contribution in [0.3, 0.4) is 0 Å². The summed E-state index contributed by atoms with van der Waals surface area (Å²) in [4.78, 5) is 23.7. The van der Waals surface area contributed by atoms with E-state index >= 15 is 0 Å². The Morgan fingerprint density at radius 2 is 1.97 bits per heavy atom. The number of hydrogen-bond acceptors (Lipinski definition) is 5. The van der Waals surface area contributed by atoms with Gasteiger partial charge in [-0.1, -0.05) is 29.9 Å². The van der Waals surface area contributed by atoms with Crippen molar-refractivity contribution in [2.75, 3.05) is 20.1 Å². The van der Waals surface area contributed by atoms with Crippen LogP contribution in [0, 0.1) is 17.8 Å². The topological polar surface area (TPSA) is 61.9 Å². The molecule has 1 saturated heterocycles. The SMILES string of the molecule is CN1C(=O)[C@H](C2CCN(C3CCCC=C3F)CC2)[C@@](C)(c2cc(C3C=CC=C(C4CC4)C3)cs2)N=C1N. The zero-order valence-corrected chi connectivity index (χ0v) is 22.9. The molecule has 7 heteroatoms. The van der Waals surface area contributed by atoms with Crippen LogP contribution in [0.15, 0.2) is 52.1 Å². The van der Waals surface area contributed by atoms with Gasteiger partial charge >= 0.3 is 0 Å². The van der Waals surface area contributed by atoms with Crippen molar-refractivity contribution < 1.29 is 9.18 Å². The lowest BCUT2D eigenvalue weighted by Crippen LogP contribution is -2.57. The largest absolute Gasteiger partial charge is 0.369 e. The van der Waals surface area contributed by atoms with Crippen LogP contribution in [0.25, 0.3) is 0 Å². The van der Waals surface area contributed by atoms with E-state index in [9.17, 15) is 9.18 Å². The van der Waals surface area contributed by atoms with Crippen molar-refractivity contribution >= 4 is 23.2 Å². The van der Waals surface area contributed by atoms with E-state index in [1.54, 1.807) is 30.0 Å². The molecule has 1 aromatic heterocycles. The minimum Gasteiger partial charge on any atom is -0.369 e. The summed E-state index contributed by atoms with van der Waals surface area (Å²) >= 11 is 1.72. The maximum Gasteiger partial charge on any atom is 0.235 e. The van der Waals surface area contributed by atoms with E-state index in [4.69, 9.17) is 10.7 Å². The molecule has 3 heterocycles. The zero-order chi connectivity index (χ0) is 25.7. The van der Waals surface area contributed by atoms with Gasteiger partial charge in [0.2, 0.25) is 5.91 Å². The number of aliphatic imine (C=N–C) groups is 1. The number of piperidine rings is 1. The summed E-state index contributed by atoms with van der Waals surface area (Å²) < 4.78 is 14.5. The summed E-state index contributed by atoms with van der Waals surface area (Å²) in [6.07, 6.45) is 16.9. The molecule has 198 valence electrons. The van der Waals surface area contributed by atoms with E-state index in [0.29, 0.717) is 11.9 Å². The van der Waals surface area contributed by atoms with E-state index in [0.717, 1.165) is 62.4 Å². The zero-order valence-electron chi connectivity index (χ0n) is 22.0. The fourth-order valence-corrected chi connectivity index (χ4v) is 8.18. The van der Waals surface area contributed by atoms with Crippen LogP contribution in [-0.4, -0.2) is 47.8 Å². The molecule has 5 nitrogen and oxygen atoms in total. The molecule has 3 aliphatic carbocycles. The van der Waals surface area contributed by atoms with Gasteiger partial charge in [-0.05, 0) is 100 Å². The van der Waals surface area contributed by atoms with Crippen LogP contribution in [0.5, 0.6) is 0 Å². The summed E-state index contributed by atoms with van der Waals surface area (Å²) in [6.45, 7) is 3.74. The summed E-state index contributed by atoms with van der Waals surface area (Å²) in [7, 11) is 1.74. The van der Waals surface area contributed by atoms with E-state index in [1.807, 2.05) is 0 Å². The third-order valence-electron chi connectivity index (χ3n) is 9.48. The maximum absolute atomic E-state index is 14.5. The van der Waals surface area contributed by atoms with Gasteiger partial charge in [0.15, 0.2) is 5.96 Å². The van der Waals surface area contributed by atoms with Crippen molar-refractivity contribution in [1.29, 1.82) is 0 Å². The average molecular weight is 523 g/mol. The van der Waals surface area contributed by atoms with Gasteiger partial charge in [0, 0.05) is 17.8 Å². The first-order chi connectivity index (χ1) is 17.8. The molecule has 37 heavy (non-hydrogen) atoms. The molecule has 2 fully saturated rings. The highest BCUT2D eigenvalue weighted by Gasteiger charge is 2.51. The number of halogens is 1. The van der Waals surface area contributed by atoms with E-state index in [2.05, 4.69) is 41.5 Å². The number of nitrogens with zero attached hydrogens (tertiary/aromatic N) is 3. The average Bonchev–Trinajstić information content (AvgIpc) is 3.64. The lowest BCUT2D eigenvalue weighted by molar-refractivity contribution is -0.137. The standard InChI is InChI=1S/C30H39FN4OS/c1-30(26-17-23(18-37-26)22-7-5-6-21(16-22)19-10-11-19)27(28(36)34(2)29(32)33-30)20-12-14-35(15-13-20)25-9-4-3-8-24(25)31/h5-8,17-20,22,25,27H,3-4,9-16H2,1-2H3,(H2,32,33)/t22?,25?,27-,30+/m0/s1. The molecule has 5 aliphatic rings. The Balaban J connectivity index is 1.24. The molecule has 0 aromatic carbocycles. The van der Waals surface area contributed by atoms with E-state index < -0.39 is 5.54 Å². The lowest BCUT2D eigenvalue weighted by Gasteiger charge is -2.46. The van der Waals surface area contributed by atoms with E-state index in [1.165, 1.54) is 23.3 Å². The third kappa shape index (κ3) is 4.63.